The number of pyridine rings is 1. The van der Waals surface area contributed by atoms with Gasteiger partial charge in [0.2, 0.25) is 5.43 Å². The van der Waals surface area contributed by atoms with Gasteiger partial charge in [-0.05, 0) is 13.0 Å². The SMILES string of the molecule is C/C=C(\O)c1c(OC)c(=O)c(C(=O)O)cn1CC(OC)OC. The number of aliphatic hydroxyl groups is 1. The van der Waals surface area contributed by atoms with E-state index >= 15 is 0 Å². The molecule has 2 N–H and O–H groups in total. The summed E-state index contributed by atoms with van der Waals surface area (Å²) in [6.07, 6.45) is 1.79. The van der Waals surface area contributed by atoms with Crippen molar-refractivity contribution in [1.29, 1.82) is 0 Å². The number of aliphatic hydroxyl groups excluding tert-OH is 1. The smallest absolute Gasteiger partial charge is 0.341 e. The topological polar surface area (TPSA) is 107 Å². The molecule has 1 heterocycles. The first-order chi connectivity index (χ1) is 10.4. The van der Waals surface area contributed by atoms with Gasteiger partial charge in [0, 0.05) is 20.4 Å². The van der Waals surface area contributed by atoms with Gasteiger partial charge in [0.15, 0.2) is 12.0 Å². The molecule has 0 aliphatic heterocycles. The second-order valence-corrected chi connectivity index (χ2v) is 4.29. The van der Waals surface area contributed by atoms with E-state index in [9.17, 15) is 14.7 Å². The van der Waals surface area contributed by atoms with Crippen LogP contribution in [-0.4, -0.2) is 48.4 Å². The van der Waals surface area contributed by atoms with Gasteiger partial charge in [-0.15, -0.1) is 0 Å². The van der Waals surface area contributed by atoms with Crippen molar-refractivity contribution in [2.45, 2.75) is 19.8 Å². The van der Waals surface area contributed by atoms with Gasteiger partial charge in [0.25, 0.3) is 0 Å². The first-order valence-electron chi connectivity index (χ1n) is 6.37. The summed E-state index contributed by atoms with van der Waals surface area (Å²) in [6.45, 7) is 1.62. The largest absolute Gasteiger partial charge is 0.506 e. The van der Waals surface area contributed by atoms with Crippen LogP contribution in [0.2, 0.25) is 0 Å². The summed E-state index contributed by atoms with van der Waals surface area (Å²) in [6, 6.07) is 0. The Kier molecular flexibility index (Phi) is 6.14. The fourth-order valence-corrected chi connectivity index (χ4v) is 1.93. The molecule has 0 atom stereocenters. The lowest BCUT2D eigenvalue weighted by Crippen LogP contribution is -2.27. The average Bonchev–Trinajstić information content (AvgIpc) is 2.51. The van der Waals surface area contributed by atoms with Crippen LogP contribution in [0.4, 0.5) is 0 Å². The highest BCUT2D eigenvalue weighted by Gasteiger charge is 2.23. The highest BCUT2D eigenvalue weighted by molar-refractivity contribution is 5.88. The third-order valence-electron chi connectivity index (χ3n) is 3.06. The molecule has 122 valence electrons. The maximum Gasteiger partial charge on any atom is 0.341 e. The standard InChI is InChI=1S/C14H19NO7/c1-5-9(16)11-13(22-4)12(17)8(14(18)19)6-15(11)7-10(20-2)21-3/h5-6,10,16H,7H2,1-4H3,(H,18,19)/b9-5-. The first kappa shape index (κ1) is 17.7. The van der Waals surface area contributed by atoms with Crippen molar-refractivity contribution < 1.29 is 29.2 Å². The second-order valence-electron chi connectivity index (χ2n) is 4.29. The summed E-state index contributed by atoms with van der Waals surface area (Å²) in [5, 5.41) is 19.2. The lowest BCUT2D eigenvalue weighted by atomic mass is 10.1. The van der Waals surface area contributed by atoms with E-state index in [4.69, 9.17) is 19.3 Å². The Morgan fingerprint density at radius 3 is 2.32 bits per heavy atom. The molecule has 0 radical (unpaired) electrons. The van der Waals surface area contributed by atoms with Crippen molar-refractivity contribution in [3.05, 3.63) is 33.8 Å². The van der Waals surface area contributed by atoms with Gasteiger partial charge in [0.1, 0.15) is 17.0 Å². The Hall–Kier alpha value is -2.32. The van der Waals surface area contributed by atoms with Crippen LogP contribution in [0.1, 0.15) is 23.0 Å². The average molecular weight is 313 g/mol. The first-order valence-corrected chi connectivity index (χ1v) is 6.37. The number of methoxy groups -OCH3 is 3. The number of aromatic carboxylic acids is 1. The minimum absolute atomic E-state index is 0.0527. The normalized spacial score (nSPS) is 11.8. The molecule has 22 heavy (non-hydrogen) atoms. The van der Waals surface area contributed by atoms with Gasteiger partial charge in [-0.2, -0.15) is 0 Å². The molecule has 0 saturated heterocycles. The van der Waals surface area contributed by atoms with Crippen LogP contribution in [-0.2, 0) is 16.0 Å². The molecule has 0 bridgehead atoms. The van der Waals surface area contributed by atoms with Gasteiger partial charge in [-0.1, -0.05) is 0 Å². The molecule has 8 heteroatoms. The summed E-state index contributed by atoms with van der Waals surface area (Å²) in [4.78, 5) is 23.3. The number of ether oxygens (including phenoxy) is 3. The van der Waals surface area contributed by atoms with Crippen LogP contribution in [0.3, 0.4) is 0 Å². The number of carboxylic acids is 1. The van der Waals surface area contributed by atoms with Crippen LogP contribution < -0.4 is 10.2 Å². The second kappa shape index (κ2) is 7.62. The van der Waals surface area contributed by atoms with Gasteiger partial charge >= 0.3 is 5.97 Å². The Morgan fingerprint density at radius 2 is 1.91 bits per heavy atom. The number of carboxylic acid groups (broad SMARTS) is 1. The van der Waals surface area contributed by atoms with Crippen molar-refractivity contribution in [3.63, 3.8) is 0 Å². The molecule has 0 unspecified atom stereocenters. The predicted molar refractivity (Wildman–Crippen MR) is 78.3 cm³/mol. The number of hydrogen-bond donors (Lipinski definition) is 2. The van der Waals surface area contributed by atoms with Crippen molar-refractivity contribution in [3.8, 4) is 5.75 Å². The van der Waals surface area contributed by atoms with Gasteiger partial charge in [-0.3, -0.25) is 4.79 Å². The van der Waals surface area contributed by atoms with Crippen LogP contribution in [0.25, 0.3) is 5.76 Å². The minimum Gasteiger partial charge on any atom is -0.506 e. The molecule has 0 aliphatic carbocycles. The number of nitrogens with zero attached hydrogens (tertiary/aromatic N) is 1. The molecule has 0 aliphatic rings. The predicted octanol–water partition coefficient (Wildman–Crippen LogP) is 1.09. The molecular weight excluding hydrogens is 294 g/mol. The maximum atomic E-state index is 12.1. The van der Waals surface area contributed by atoms with Crippen molar-refractivity contribution in [2.75, 3.05) is 21.3 Å². The zero-order valence-corrected chi connectivity index (χ0v) is 12.8. The molecule has 1 aromatic heterocycles. The Labute approximate surface area is 127 Å². The third kappa shape index (κ3) is 3.46. The molecule has 0 amide bonds. The van der Waals surface area contributed by atoms with Gasteiger partial charge in [-0.25, -0.2) is 4.79 Å². The molecule has 0 fully saturated rings. The van der Waals surface area contributed by atoms with E-state index in [2.05, 4.69) is 0 Å². The van der Waals surface area contributed by atoms with E-state index in [1.165, 1.54) is 32.0 Å². The lowest BCUT2D eigenvalue weighted by Gasteiger charge is -2.20. The van der Waals surface area contributed by atoms with E-state index in [0.717, 1.165) is 6.20 Å². The fraction of sp³-hybridized carbons (Fsp3) is 0.429. The molecule has 8 nitrogen and oxygen atoms in total. The zero-order valence-electron chi connectivity index (χ0n) is 12.8. The highest BCUT2D eigenvalue weighted by atomic mass is 16.7. The van der Waals surface area contributed by atoms with Gasteiger partial charge in [0.05, 0.1) is 13.7 Å². The van der Waals surface area contributed by atoms with Gasteiger partial charge < -0.3 is 29.0 Å². The number of carbonyl (C=O) groups is 1. The minimum atomic E-state index is -1.39. The van der Waals surface area contributed by atoms with Crippen molar-refractivity contribution in [2.24, 2.45) is 0 Å². The molecule has 0 aromatic carbocycles. The molecular formula is C14H19NO7. The summed E-state index contributed by atoms with van der Waals surface area (Å²) in [7, 11) is 4.06. The maximum absolute atomic E-state index is 12.1. The number of allylic oxidation sites excluding steroid dienone is 1. The fourth-order valence-electron chi connectivity index (χ4n) is 1.93. The van der Waals surface area contributed by atoms with Crippen LogP contribution in [0.5, 0.6) is 5.75 Å². The number of rotatable bonds is 7. The van der Waals surface area contributed by atoms with E-state index in [-0.39, 0.29) is 23.7 Å². The highest BCUT2D eigenvalue weighted by Crippen LogP contribution is 2.23. The Balaban J connectivity index is 3.66. The molecule has 0 spiro atoms. The molecule has 0 saturated carbocycles. The summed E-state index contributed by atoms with van der Waals surface area (Å²) in [5.41, 5.74) is -1.24. The monoisotopic (exact) mass is 313 g/mol. The Morgan fingerprint density at radius 1 is 1.32 bits per heavy atom. The molecule has 1 rings (SSSR count). The van der Waals surface area contributed by atoms with E-state index in [1.54, 1.807) is 6.92 Å². The van der Waals surface area contributed by atoms with E-state index in [1.807, 2.05) is 0 Å². The summed E-state index contributed by atoms with van der Waals surface area (Å²) in [5.74, 6) is -1.88. The van der Waals surface area contributed by atoms with Crippen LogP contribution >= 0.6 is 0 Å². The zero-order chi connectivity index (χ0) is 16.9. The summed E-state index contributed by atoms with van der Waals surface area (Å²) < 4.78 is 16.5. The summed E-state index contributed by atoms with van der Waals surface area (Å²) >= 11 is 0. The quantitative estimate of drug-likeness (QED) is 0.573. The number of aromatic nitrogens is 1. The van der Waals surface area contributed by atoms with Crippen LogP contribution in [0, 0.1) is 0 Å². The lowest BCUT2D eigenvalue weighted by molar-refractivity contribution is -0.111. The third-order valence-corrected chi connectivity index (χ3v) is 3.06. The van der Waals surface area contributed by atoms with E-state index < -0.39 is 23.3 Å². The number of hydrogen-bond acceptors (Lipinski definition) is 6. The van der Waals surface area contributed by atoms with E-state index in [0.29, 0.717) is 0 Å². The Bertz CT molecular complexity index is 629. The van der Waals surface area contributed by atoms with Crippen molar-refractivity contribution in [1.82, 2.24) is 4.57 Å². The van der Waals surface area contributed by atoms with Crippen molar-refractivity contribution >= 4 is 11.7 Å². The van der Waals surface area contributed by atoms with Crippen LogP contribution in [0.15, 0.2) is 17.1 Å². The molecule has 1 aromatic rings.